The first-order chi connectivity index (χ1) is 11.7. The molecular weight excluding hydrogens is 310 g/mol. The maximum Gasteiger partial charge on any atom is 0.409 e. The van der Waals surface area contributed by atoms with Crippen molar-refractivity contribution in [3.8, 4) is 0 Å². The number of hydrogen-bond donors (Lipinski definition) is 2. The Kier molecular flexibility index (Phi) is 5.68. The van der Waals surface area contributed by atoms with Crippen molar-refractivity contribution in [3.63, 3.8) is 0 Å². The number of nitrogens with zero attached hydrogens (tertiary/aromatic N) is 3. The topological polar surface area (TPSA) is 88.5 Å². The molecule has 1 aromatic heterocycles. The van der Waals surface area contributed by atoms with Gasteiger partial charge in [-0.1, -0.05) is 0 Å². The van der Waals surface area contributed by atoms with Crippen molar-refractivity contribution in [1.29, 1.82) is 0 Å². The molecule has 0 spiro atoms. The van der Waals surface area contributed by atoms with E-state index in [1.807, 2.05) is 12.3 Å². The predicted octanol–water partition coefficient (Wildman–Crippen LogP) is 0.309. The van der Waals surface area contributed by atoms with Gasteiger partial charge in [0.25, 0.3) is 0 Å². The van der Waals surface area contributed by atoms with Gasteiger partial charge in [0, 0.05) is 38.3 Å². The molecule has 2 N–H and O–H groups in total. The van der Waals surface area contributed by atoms with Crippen molar-refractivity contribution in [2.24, 2.45) is 0 Å². The van der Waals surface area contributed by atoms with E-state index in [1.54, 1.807) is 9.58 Å². The van der Waals surface area contributed by atoms with E-state index >= 15 is 0 Å². The van der Waals surface area contributed by atoms with Crippen molar-refractivity contribution in [3.05, 3.63) is 18.0 Å². The number of piperidine rings is 1. The molecule has 2 aliphatic rings. The number of ether oxygens (including phenoxy) is 1. The Balaban J connectivity index is 1.40. The number of hydrogen-bond acceptors (Lipinski definition) is 5. The maximum atomic E-state index is 12.0. The number of amides is 2. The largest absolute Gasteiger partial charge is 0.449 e. The zero-order chi connectivity index (χ0) is 16.8. The van der Waals surface area contributed by atoms with Crippen LogP contribution in [0.1, 0.15) is 30.9 Å². The second kappa shape index (κ2) is 8.14. The first-order valence-electron chi connectivity index (χ1n) is 8.65. The van der Waals surface area contributed by atoms with Crippen LogP contribution in [0.2, 0.25) is 0 Å². The highest BCUT2D eigenvalue weighted by Gasteiger charge is 2.20. The number of aromatic nitrogens is 2. The first-order valence-corrected chi connectivity index (χ1v) is 8.65. The molecule has 2 aliphatic heterocycles. The van der Waals surface area contributed by atoms with E-state index < -0.39 is 0 Å². The van der Waals surface area contributed by atoms with Crippen LogP contribution >= 0.6 is 0 Å². The van der Waals surface area contributed by atoms with Gasteiger partial charge < -0.3 is 20.3 Å². The Bertz CT molecular complexity index is 568. The molecule has 1 atom stereocenters. The van der Waals surface area contributed by atoms with Gasteiger partial charge in [0.15, 0.2) is 0 Å². The third-order valence-electron chi connectivity index (χ3n) is 4.44. The molecule has 24 heavy (non-hydrogen) atoms. The summed E-state index contributed by atoms with van der Waals surface area (Å²) in [4.78, 5) is 25.1. The minimum atomic E-state index is -0.298. The highest BCUT2D eigenvalue weighted by atomic mass is 16.6. The summed E-state index contributed by atoms with van der Waals surface area (Å²) in [5.74, 6) is 0.338. The molecule has 8 heteroatoms. The van der Waals surface area contributed by atoms with E-state index in [9.17, 15) is 9.59 Å². The van der Waals surface area contributed by atoms with E-state index in [4.69, 9.17) is 4.74 Å². The normalized spacial score (nSPS) is 21.4. The van der Waals surface area contributed by atoms with Crippen LogP contribution < -0.4 is 10.6 Å². The summed E-state index contributed by atoms with van der Waals surface area (Å²) in [6, 6.07) is 1.99. The summed E-state index contributed by atoms with van der Waals surface area (Å²) >= 11 is 0. The van der Waals surface area contributed by atoms with Crippen LogP contribution in [0.25, 0.3) is 0 Å². The Hall–Kier alpha value is -2.09. The van der Waals surface area contributed by atoms with Crippen LogP contribution in [-0.2, 0) is 16.1 Å². The molecule has 2 saturated heterocycles. The average molecular weight is 335 g/mol. The molecule has 0 aliphatic carbocycles. The molecule has 0 bridgehead atoms. The van der Waals surface area contributed by atoms with Gasteiger partial charge >= 0.3 is 6.09 Å². The van der Waals surface area contributed by atoms with Crippen LogP contribution in [0.15, 0.2) is 12.3 Å². The summed E-state index contributed by atoms with van der Waals surface area (Å²) in [5, 5.41) is 10.7. The average Bonchev–Trinajstić information content (AvgIpc) is 3.06. The maximum absolute atomic E-state index is 12.0. The number of carbonyl (C=O) groups is 2. The summed E-state index contributed by atoms with van der Waals surface area (Å²) < 4.78 is 6.63. The van der Waals surface area contributed by atoms with Gasteiger partial charge in [-0.2, -0.15) is 5.10 Å². The molecule has 3 rings (SSSR count). The van der Waals surface area contributed by atoms with E-state index in [0.717, 1.165) is 38.0 Å². The van der Waals surface area contributed by atoms with Gasteiger partial charge in [-0.15, -0.1) is 0 Å². The fourth-order valence-electron chi connectivity index (χ4n) is 3.12. The van der Waals surface area contributed by atoms with Crippen LogP contribution in [0.5, 0.6) is 0 Å². The molecule has 3 heterocycles. The van der Waals surface area contributed by atoms with Crippen molar-refractivity contribution in [1.82, 2.24) is 25.3 Å². The molecule has 8 nitrogen and oxygen atoms in total. The summed E-state index contributed by atoms with van der Waals surface area (Å²) in [5.41, 5.74) is 1.05. The van der Waals surface area contributed by atoms with E-state index in [2.05, 4.69) is 15.7 Å². The smallest absolute Gasteiger partial charge is 0.409 e. The third-order valence-corrected chi connectivity index (χ3v) is 4.44. The molecule has 0 unspecified atom stereocenters. The molecule has 0 saturated carbocycles. The summed E-state index contributed by atoms with van der Waals surface area (Å²) in [7, 11) is 0. The third kappa shape index (κ3) is 4.47. The van der Waals surface area contributed by atoms with Crippen molar-refractivity contribution in [2.45, 2.75) is 31.7 Å². The Morgan fingerprint density at radius 3 is 3.17 bits per heavy atom. The fraction of sp³-hybridized carbons (Fsp3) is 0.688. The van der Waals surface area contributed by atoms with Crippen molar-refractivity contribution in [2.75, 3.05) is 39.3 Å². The molecule has 1 aromatic rings. The molecular formula is C16H25N5O3. The Labute approximate surface area is 141 Å². The van der Waals surface area contributed by atoms with Gasteiger partial charge in [-0.25, -0.2) is 4.79 Å². The minimum absolute atomic E-state index is 0.100. The van der Waals surface area contributed by atoms with Crippen LogP contribution in [0, 0.1) is 0 Å². The predicted molar refractivity (Wildman–Crippen MR) is 87.6 cm³/mol. The van der Waals surface area contributed by atoms with Gasteiger partial charge in [-0.05, 0) is 31.9 Å². The second-order valence-electron chi connectivity index (χ2n) is 6.29. The standard InChI is InChI=1S/C16H25N5O3/c22-15(18-6-9-20-7-2-10-24-16(20)23)12-21-8-4-14(19-21)13-3-1-5-17-11-13/h4,8,13,17H,1-3,5-7,9-12H2,(H,18,22)/t13-/m1/s1. The zero-order valence-corrected chi connectivity index (χ0v) is 13.9. The zero-order valence-electron chi connectivity index (χ0n) is 13.9. The SMILES string of the molecule is O=C(Cn1ccc([C@@H]2CCCNC2)n1)NCCN1CCCOC1=O. The molecule has 0 radical (unpaired) electrons. The number of cyclic esters (lactones) is 1. The monoisotopic (exact) mass is 335 g/mol. The second-order valence-corrected chi connectivity index (χ2v) is 6.29. The van der Waals surface area contributed by atoms with E-state index in [-0.39, 0.29) is 18.5 Å². The summed E-state index contributed by atoms with van der Waals surface area (Å²) in [6.07, 6.45) is 4.70. The quantitative estimate of drug-likeness (QED) is 0.781. The van der Waals surface area contributed by atoms with Crippen molar-refractivity contribution >= 4 is 12.0 Å². The lowest BCUT2D eigenvalue weighted by Crippen LogP contribution is -2.43. The van der Waals surface area contributed by atoms with Crippen LogP contribution in [-0.4, -0.2) is 66.0 Å². The van der Waals surface area contributed by atoms with Crippen LogP contribution in [0.3, 0.4) is 0 Å². The van der Waals surface area contributed by atoms with Gasteiger partial charge in [0.1, 0.15) is 6.54 Å². The van der Waals surface area contributed by atoms with Gasteiger partial charge in [0.05, 0.1) is 12.3 Å². The fourth-order valence-corrected chi connectivity index (χ4v) is 3.12. The van der Waals surface area contributed by atoms with Gasteiger partial charge in [-0.3, -0.25) is 9.48 Å². The highest BCUT2D eigenvalue weighted by Crippen LogP contribution is 2.21. The van der Waals surface area contributed by atoms with E-state index in [1.165, 1.54) is 0 Å². The number of nitrogens with one attached hydrogen (secondary N) is 2. The number of carbonyl (C=O) groups excluding carboxylic acids is 2. The van der Waals surface area contributed by atoms with Gasteiger partial charge in [0.2, 0.25) is 5.91 Å². The Morgan fingerprint density at radius 2 is 2.38 bits per heavy atom. The molecule has 132 valence electrons. The Morgan fingerprint density at radius 1 is 1.46 bits per heavy atom. The highest BCUT2D eigenvalue weighted by molar-refractivity contribution is 5.75. The lowest BCUT2D eigenvalue weighted by atomic mass is 9.97. The first kappa shape index (κ1) is 16.8. The lowest BCUT2D eigenvalue weighted by Gasteiger charge is -2.26. The number of rotatable bonds is 6. The lowest BCUT2D eigenvalue weighted by molar-refractivity contribution is -0.121. The van der Waals surface area contributed by atoms with Crippen LogP contribution in [0.4, 0.5) is 4.79 Å². The molecule has 0 aromatic carbocycles. The summed E-state index contributed by atoms with van der Waals surface area (Å²) in [6.45, 7) is 4.30. The molecule has 2 amide bonds. The minimum Gasteiger partial charge on any atom is -0.449 e. The van der Waals surface area contributed by atoms with E-state index in [0.29, 0.717) is 32.2 Å². The van der Waals surface area contributed by atoms with Crippen molar-refractivity contribution < 1.29 is 14.3 Å². The molecule has 2 fully saturated rings.